The van der Waals surface area contributed by atoms with Crippen molar-refractivity contribution < 1.29 is 14.3 Å². The first kappa shape index (κ1) is 16.8. The van der Waals surface area contributed by atoms with Gasteiger partial charge >= 0.3 is 6.03 Å². The molecule has 0 spiro atoms. The lowest BCUT2D eigenvalue weighted by atomic mass is 9.99. The van der Waals surface area contributed by atoms with Crippen LogP contribution >= 0.6 is 0 Å². The van der Waals surface area contributed by atoms with Crippen molar-refractivity contribution in [3.05, 3.63) is 53.6 Å². The highest BCUT2D eigenvalue weighted by Crippen LogP contribution is 2.25. The number of anilines is 2. The fourth-order valence-electron chi connectivity index (χ4n) is 2.94. The Morgan fingerprint density at radius 2 is 1.88 bits per heavy atom. The number of para-hydroxylation sites is 2. The van der Waals surface area contributed by atoms with Gasteiger partial charge in [-0.05, 0) is 41.8 Å². The second-order valence-corrected chi connectivity index (χ2v) is 5.95. The third-order valence-corrected chi connectivity index (χ3v) is 4.28. The van der Waals surface area contributed by atoms with E-state index in [0.29, 0.717) is 23.7 Å². The highest BCUT2D eigenvalue weighted by molar-refractivity contribution is 6.00. The van der Waals surface area contributed by atoms with Crippen LogP contribution in [0.25, 0.3) is 0 Å². The van der Waals surface area contributed by atoms with Crippen LogP contribution in [0.5, 0.6) is 5.75 Å². The maximum absolute atomic E-state index is 12.2. The van der Waals surface area contributed by atoms with Crippen molar-refractivity contribution in [2.75, 3.05) is 24.3 Å². The molecule has 3 rings (SSSR count). The van der Waals surface area contributed by atoms with Crippen LogP contribution in [0.15, 0.2) is 42.5 Å². The number of fused-ring (bicyclic) bond motifs is 1. The zero-order valence-electron chi connectivity index (χ0n) is 14.3. The summed E-state index contributed by atoms with van der Waals surface area (Å²) in [5, 5.41) is 5.60. The molecule has 2 aromatic rings. The minimum atomic E-state index is -0.344. The average Bonchev–Trinajstić information content (AvgIpc) is 2.61. The summed E-state index contributed by atoms with van der Waals surface area (Å²) in [5.74, 6) is 0.665. The monoisotopic (exact) mass is 339 g/mol. The molecule has 25 heavy (non-hydrogen) atoms. The topological polar surface area (TPSA) is 70.7 Å². The number of amides is 3. The van der Waals surface area contributed by atoms with Gasteiger partial charge in [-0.15, -0.1) is 0 Å². The number of nitrogens with one attached hydrogen (secondary N) is 2. The molecule has 2 aromatic carbocycles. The molecule has 1 aliphatic heterocycles. The average molecular weight is 339 g/mol. The summed E-state index contributed by atoms with van der Waals surface area (Å²) < 4.78 is 5.23. The largest absolute Gasteiger partial charge is 0.495 e. The van der Waals surface area contributed by atoms with E-state index in [1.165, 1.54) is 5.56 Å². The normalized spacial score (nSPS) is 13.0. The molecular formula is C19H21N3O3. The molecule has 1 heterocycles. The number of benzene rings is 2. The molecule has 0 aliphatic carbocycles. The summed E-state index contributed by atoms with van der Waals surface area (Å²) in [7, 11) is 1.56. The zero-order valence-corrected chi connectivity index (χ0v) is 14.3. The maximum Gasteiger partial charge on any atom is 0.323 e. The summed E-state index contributed by atoms with van der Waals surface area (Å²) in [5.41, 5.74) is 3.57. The third kappa shape index (κ3) is 3.91. The number of urea groups is 1. The highest BCUT2D eigenvalue weighted by atomic mass is 16.5. The molecule has 0 saturated carbocycles. The SMILES string of the molecule is COc1ccccc1NC(=O)Nc1ccc2c(c1)CN(C(C)=O)CC2. The first-order valence-electron chi connectivity index (χ1n) is 8.15. The minimum absolute atomic E-state index is 0.0675. The van der Waals surface area contributed by atoms with E-state index in [2.05, 4.69) is 10.6 Å². The van der Waals surface area contributed by atoms with E-state index in [1.54, 1.807) is 31.1 Å². The van der Waals surface area contributed by atoms with Crippen LogP contribution in [0.4, 0.5) is 16.2 Å². The maximum atomic E-state index is 12.2. The van der Waals surface area contributed by atoms with E-state index in [0.717, 1.165) is 18.5 Å². The van der Waals surface area contributed by atoms with Crippen LogP contribution < -0.4 is 15.4 Å². The number of methoxy groups -OCH3 is 1. The van der Waals surface area contributed by atoms with Gasteiger partial charge in [0, 0.05) is 25.7 Å². The van der Waals surface area contributed by atoms with Crippen molar-refractivity contribution in [2.45, 2.75) is 19.9 Å². The van der Waals surface area contributed by atoms with Crippen molar-refractivity contribution in [3.63, 3.8) is 0 Å². The van der Waals surface area contributed by atoms with E-state index in [-0.39, 0.29) is 11.9 Å². The fraction of sp³-hybridized carbons (Fsp3) is 0.263. The van der Waals surface area contributed by atoms with Gasteiger partial charge in [0.15, 0.2) is 0 Å². The van der Waals surface area contributed by atoms with Crippen LogP contribution in [0.3, 0.4) is 0 Å². The predicted molar refractivity (Wildman–Crippen MR) is 96.9 cm³/mol. The third-order valence-electron chi connectivity index (χ3n) is 4.28. The number of nitrogens with zero attached hydrogens (tertiary/aromatic N) is 1. The Kier molecular flexibility index (Phi) is 4.88. The van der Waals surface area contributed by atoms with Crippen molar-refractivity contribution in [3.8, 4) is 5.75 Å². The van der Waals surface area contributed by atoms with Gasteiger partial charge in [-0.2, -0.15) is 0 Å². The number of hydrogen-bond acceptors (Lipinski definition) is 3. The number of hydrogen-bond donors (Lipinski definition) is 2. The molecule has 0 unspecified atom stereocenters. The lowest BCUT2D eigenvalue weighted by molar-refractivity contribution is -0.129. The van der Waals surface area contributed by atoms with Crippen LogP contribution in [0.2, 0.25) is 0 Å². The number of carbonyl (C=O) groups excluding carboxylic acids is 2. The van der Waals surface area contributed by atoms with E-state index in [4.69, 9.17) is 4.74 Å². The molecule has 130 valence electrons. The molecule has 0 fully saturated rings. The van der Waals surface area contributed by atoms with Crippen molar-refractivity contribution in [1.29, 1.82) is 0 Å². The summed E-state index contributed by atoms with van der Waals surface area (Å²) in [6.45, 7) is 2.89. The van der Waals surface area contributed by atoms with Gasteiger partial charge in [-0.25, -0.2) is 4.79 Å². The molecule has 0 aromatic heterocycles. The van der Waals surface area contributed by atoms with Crippen LogP contribution in [0, 0.1) is 0 Å². The van der Waals surface area contributed by atoms with E-state index in [9.17, 15) is 9.59 Å². The molecule has 2 N–H and O–H groups in total. The Hall–Kier alpha value is -3.02. The molecule has 1 aliphatic rings. The standard InChI is InChI=1S/C19H21N3O3/c1-13(23)22-10-9-14-7-8-16(11-15(14)12-22)20-19(24)21-17-5-3-4-6-18(17)25-2/h3-8,11H,9-10,12H2,1-2H3,(H2,20,21,24). The Morgan fingerprint density at radius 3 is 2.64 bits per heavy atom. The number of ether oxygens (including phenoxy) is 1. The summed E-state index contributed by atoms with van der Waals surface area (Å²) in [4.78, 5) is 25.6. The van der Waals surface area contributed by atoms with Gasteiger partial charge in [0.1, 0.15) is 5.75 Å². The first-order valence-corrected chi connectivity index (χ1v) is 8.15. The van der Waals surface area contributed by atoms with E-state index < -0.39 is 0 Å². The van der Waals surface area contributed by atoms with Gasteiger partial charge in [0.05, 0.1) is 12.8 Å². The highest BCUT2D eigenvalue weighted by Gasteiger charge is 2.18. The zero-order chi connectivity index (χ0) is 17.8. The molecule has 0 radical (unpaired) electrons. The quantitative estimate of drug-likeness (QED) is 0.902. The Morgan fingerprint density at radius 1 is 1.08 bits per heavy atom. The summed E-state index contributed by atoms with van der Waals surface area (Å²) >= 11 is 0. The Bertz CT molecular complexity index is 804. The second-order valence-electron chi connectivity index (χ2n) is 5.95. The first-order chi connectivity index (χ1) is 12.1. The smallest absolute Gasteiger partial charge is 0.323 e. The molecule has 3 amide bonds. The van der Waals surface area contributed by atoms with Gasteiger partial charge in [-0.1, -0.05) is 18.2 Å². The molecule has 0 saturated heterocycles. The van der Waals surface area contributed by atoms with Crippen molar-refractivity contribution >= 4 is 23.3 Å². The lowest BCUT2D eigenvalue weighted by Gasteiger charge is -2.28. The minimum Gasteiger partial charge on any atom is -0.495 e. The van der Waals surface area contributed by atoms with Crippen LogP contribution in [0.1, 0.15) is 18.1 Å². The number of rotatable bonds is 3. The molecule has 6 heteroatoms. The fourth-order valence-corrected chi connectivity index (χ4v) is 2.94. The van der Waals surface area contributed by atoms with Crippen LogP contribution in [-0.2, 0) is 17.8 Å². The number of carbonyl (C=O) groups is 2. The second kappa shape index (κ2) is 7.25. The van der Waals surface area contributed by atoms with Gasteiger partial charge in [0.2, 0.25) is 5.91 Å². The molecular weight excluding hydrogens is 318 g/mol. The predicted octanol–water partition coefficient (Wildman–Crippen LogP) is 3.24. The molecule has 0 atom stereocenters. The van der Waals surface area contributed by atoms with E-state index in [1.807, 2.05) is 30.3 Å². The van der Waals surface area contributed by atoms with E-state index >= 15 is 0 Å². The lowest BCUT2D eigenvalue weighted by Crippen LogP contribution is -2.34. The summed E-state index contributed by atoms with van der Waals surface area (Å²) in [6, 6.07) is 12.7. The van der Waals surface area contributed by atoms with Crippen LogP contribution in [-0.4, -0.2) is 30.5 Å². The Labute approximate surface area is 146 Å². The van der Waals surface area contributed by atoms with Crippen molar-refractivity contribution in [1.82, 2.24) is 4.90 Å². The van der Waals surface area contributed by atoms with Gasteiger partial charge in [-0.3, -0.25) is 4.79 Å². The summed E-state index contributed by atoms with van der Waals surface area (Å²) in [6.07, 6.45) is 0.836. The van der Waals surface area contributed by atoms with Gasteiger partial charge in [0.25, 0.3) is 0 Å². The Balaban J connectivity index is 1.70. The molecule has 0 bridgehead atoms. The van der Waals surface area contributed by atoms with Crippen molar-refractivity contribution in [2.24, 2.45) is 0 Å². The molecule has 6 nitrogen and oxygen atoms in total. The van der Waals surface area contributed by atoms with Gasteiger partial charge < -0.3 is 20.3 Å².